The molecule has 30 heavy (non-hydrogen) atoms. The summed E-state index contributed by atoms with van der Waals surface area (Å²) >= 11 is 0. The number of aromatic nitrogens is 1. The first-order valence-electron chi connectivity index (χ1n) is 9.62. The van der Waals surface area contributed by atoms with Gasteiger partial charge in [0.1, 0.15) is 0 Å². The quantitative estimate of drug-likeness (QED) is 0.397. The SMILES string of the molecule is CC(C)(C)CC(C)(C)c1ccc(OCC(=O)N/N=C\c2ccncc2)c([N+](=O)[O-])c1. The second-order valence-electron chi connectivity index (χ2n) is 8.92. The Balaban J connectivity index is 2.06. The van der Waals surface area contributed by atoms with Crippen molar-refractivity contribution in [3.05, 3.63) is 64.0 Å². The molecular formula is C22H28N4O4. The number of nitrogens with zero attached hydrogens (tertiary/aromatic N) is 3. The molecule has 1 heterocycles. The molecule has 2 rings (SSSR count). The van der Waals surface area contributed by atoms with Crippen LogP contribution in [-0.2, 0) is 10.2 Å². The van der Waals surface area contributed by atoms with Gasteiger partial charge in [-0.1, -0.05) is 40.7 Å². The highest BCUT2D eigenvalue weighted by Crippen LogP contribution is 2.39. The predicted octanol–water partition coefficient (Wildman–Crippen LogP) is 4.23. The largest absolute Gasteiger partial charge is 0.477 e. The lowest BCUT2D eigenvalue weighted by molar-refractivity contribution is -0.385. The Morgan fingerprint density at radius 3 is 2.47 bits per heavy atom. The lowest BCUT2D eigenvalue weighted by Gasteiger charge is -2.33. The van der Waals surface area contributed by atoms with Crippen molar-refractivity contribution in [2.45, 2.75) is 46.5 Å². The van der Waals surface area contributed by atoms with Gasteiger partial charge in [0.05, 0.1) is 11.1 Å². The van der Waals surface area contributed by atoms with E-state index in [0.29, 0.717) is 0 Å². The summed E-state index contributed by atoms with van der Waals surface area (Å²) < 4.78 is 5.39. The molecule has 8 heteroatoms. The minimum absolute atomic E-state index is 0.0450. The summed E-state index contributed by atoms with van der Waals surface area (Å²) in [6.07, 6.45) is 5.54. The van der Waals surface area contributed by atoms with Crippen molar-refractivity contribution in [3.8, 4) is 5.75 Å². The van der Waals surface area contributed by atoms with Crippen molar-refractivity contribution in [1.82, 2.24) is 10.4 Å². The molecule has 160 valence electrons. The Labute approximate surface area is 176 Å². The number of carbonyl (C=O) groups is 1. The molecule has 0 fully saturated rings. The maximum absolute atomic E-state index is 11.9. The number of nitrogens with one attached hydrogen (secondary N) is 1. The van der Waals surface area contributed by atoms with Gasteiger partial charge in [0.15, 0.2) is 12.4 Å². The Hall–Kier alpha value is -3.29. The van der Waals surface area contributed by atoms with Gasteiger partial charge in [-0.2, -0.15) is 5.10 Å². The lowest BCUT2D eigenvalue weighted by Crippen LogP contribution is -2.26. The van der Waals surface area contributed by atoms with Crippen molar-refractivity contribution in [2.24, 2.45) is 10.5 Å². The number of benzene rings is 1. The van der Waals surface area contributed by atoms with E-state index in [2.05, 4.69) is 50.1 Å². The minimum Gasteiger partial charge on any atom is -0.477 e. The van der Waals surface area contributed by atoms with E-state index in [4.69, 9.17) is 4.74 Å². The third kappa shape index (κ3) is 6.95. The molecule has 1 aromatic heterocycles. The van der Waals surface area contributed by atoms with Gasteiger partial charge in [-0.15, -0.1) is 0 Å². The van der Waals surface area contributed by atoms with Crippen molar-refractivity contribution >= 4 is 17.8 Å². The van der Waals surface area contributed by atoms with E-state index in [1.807, 2.05) is 6.07 Å². The van der Waals surface area contributed by atoms with E-state index >= 15 is 0 Å². The second kappa shape index (κ2) is 9.47. The van der Waals surface area contributed by atoms with Crippen LogP contribution in [0.25, 0.3) is 0 Å². The lowest BCUT2D eigenvalue weighted by atomic mass is 9.72. The third-order valence-electron chi connectivity index (χ3n) is 4.38. The van der Waals surface area contributed by atoms with Crippen molar-refractivity contribution < 1.29 is 14.5 Å². The van der Waals surface area contributed by atoms with Gasteiger partial charge in [0, 0.05) is 18.5 Å². The van der Waals surface area contributed by atoms with Crippen LogP contribution in [0, 0.1) is 15.5 Å². The average molecular weight is 412 g/mol. The molecule has 0 unspecified atom stereocenters. The van der Waals surface area contributed by atoms with E-state index < -0.39 is 10.8 Å². The maximum Gasteiger partial charge on any atom is 0.311 e. The Kier molecular flexibility index (Phi) is 7.26. The Bertz CT molecular complexity index is 918. The van der Waals surface area contributed by atoms with Gasteiger partial charge in [-0.05, 0) is 46.6 Å². The third-order valence-corrected chi connectivity index (χ3v) is 4.38. The van der Waals surface area contributed by atoms with Gasteiger partial charge < -0.3 is 4.74 Å². The van der Waals surface area contributed by atoms with Gasteiger partial charge in [-0.3, -0.25) is 19.9 Å². The first-order chi connectivity index (χ1) is 14.0. The summed E-state index contributed by atoms with van der Waals surface area (Å²) in [7, 11) is 0. The number of carbonyl (C=O) groups excluding carboxylic acids is 1. The Morgan fingerprint density at radius 2 is 1.87 bits per heavy atom. The molecule has 0 saturated carbocycles. The number of nitro groups is 1. The molecule has 0 spiro atoms. The topological polar surface area (TPSA) is 107 Å². The van der Waals surface area contributed by atoms with Gasteiger partial charge >= 0.3 is 5.69 Å². The molecule has 0 aliphatic rings. The summed E-state index contributed by atoms with van der Waals surface area (Å²) in [4.78, 5) is 26.9. The fourth-order valence-electron chi connectivity index (χ4n) is 3.43. The van der Waals surface area contributed by atoms with Crippen LogP contribution < -0.4 is 10.2 Å². The van der Waals surface area contributed by atoms with Gasteiger partial charge in [-0.25, -0.2) is 5.43 Å². The standard InChI is InChI=1S/C22H28N4O4/c1-21(2,3)15-22(4,5)17-6-7-19(18(12-17)26(28)29)30-14-20(27)25-24-13-16-8-10-23-11-9-16/h6-13H,14-15H2,1-5H3,(H,25,27)/b24-13-. The molecule has 1 amide bonds. The van der Waals surface area contributed by atoms with Gasteiger partial charge in [0.2, 0.25) is 0 Å². The minimum atomic E-state index is -0.522. The number of hydrogen-bond acceptors (Lipinski definition) is 6. The first-order valence-corrected chi connectivity index (χ1v) is 9.62. The highest BCUT2D eigenvalue weighted by molar-refractivity contribution is 5.82. The number of hydrogen-bond donors (Lipinski definition) is 1. The molecular weight excluding hydrogens is 384 g/mol. The molecule has 0 aliphatic carbocycles. The number of pyridine rings is 1. The average Bonchev–Trinajstić information content (AvgIpc) is 2.65. The van der Waals surface area contributed by atoms with Crippen LogP contribution in [0.2, 0.25) is 0 Å². The first kappa shape index (κ1) is 23.0. The van der Waals surface area contributed by atoms with Crippen LogP contribution in [-0.4, -0.2) is 28.6 Å². The molecule has 1 N–H and O–H groups in total. The highest BCUT2D eigenvalue weighted by Gasteiger charge is 2.29. The fraction of sp³-hybridized carbons (Fsp3) is 0.409. The van der Waals surface area contributed by atoms with Crippen LogP contribution >= 0.6 is 0 Å². The molecule has 0 saturated heterocycles. The number of hydrazone groups is 1. The van der Waals surface area contributed by atoms with Crippen LogP contribution in [0.5, 0.6) is 5.75 Å². The fourth-order valence-corrected chi connectivity index (χ4v) is 3.43. The predicted molar refractivity (Wildman–Crippen MR) is 116 cm³/mol. The summed E-state index contributed by atoms with van der Waals surface area (Å²) in [5.74, 6) is -0.477. The van der Waals surface area contributed by atoms with Gasteiger partial charge in [0.25, 0.3) is 5.91 Å². The zero-order chi connectivity index (χ0) is 22.4. The van der Waals surface area contributed by atoms with E-state index in [-0.39, 0.29) is 28.9 Å². The molecule has 0 radical (unpaired) electrons. The van der Waals surface area contributed by atoms with E-state index in [1.54, 1.807) is 30.6 Å². The summed E-state index contributed by atoms with van der Waals surface area (Å²) in [6.45, 7) is 10.1. The number of rotatable bonds is 8. The van der Waals surface area contributed by atoms with Crippen LogP contribution in [0.15, 0.2) is 47.8 Å². The van der Waals surface area contributed by atoms with E-state index in [1.165, 1.54) is 12.3 Å². The number of nitro benzene ring substituents is 1. The van der Waals surface area contributed by atoms with Crippen molar-refractivity contribution in [2.75, 3.05) is 6.61 Å². The van der Waals surface area contributed by atoms with Crippen LogP contribution in [0.3, 0.4) is 0 Å². The summed E-state index contributed by atoms with van der Waals surface area (Å²) in [5.41, 5.74) is 3.61. The zero-order valence-electron chi connectivity index (χ0n) is 18.0. The highest BCUT2D eigenvalue weighted by atomic mass is 16.6. The van der Waals surface area contributed by atoms with Crippen molar-refractivity contribution in [3.63, 3.8) is 0 Å². The summed E-state index contributed by atoms with van der Waals surface area (Å²) in [5, 5.41) is 15.4. The number of ether oxygens (including phenoxy) is 1. The molecule has 0 aliphatic heterocycles. The summed E-state index contributed by atoms with van der Waals surface area (Å²) in [6, 6.07) is 8.36. The molecule has 1 aromatic carbocycles. The van der Waals surface area contributed by atoms with Crippen LogP contribution in [0.4, 0.5) is 5.69 Å². The number of amides is 1. The van der Waals surface area contributed by atoms with Crippen LogP contribution in [0.1, 0.15) is 52.2 Å². The maximum atomic E-state index is 11.9. The Morgan fingerprint density at radius 1 is 1.20 bits per heavy atom. The zero-order valence-corrected chi connectivity index (χ0v) is 18.0. The molecule has 8 nitrogen and oxygen atoms in total. The van der Waals surface area contributed by atoms with Crippen molar-refractivity contribution in [1.29, 1.82) is 0 Å². The molecule has 2 aromatic rings. The second-order valence-corrected chi connectivity index (χ2v) is 8.92. The van der Waals surface area contributed by atoms with E-state index in [0.717, 1.165) is 17.5 Å². The monoisotopic (exact) mass is 412 g/mol. The van der Waals surface area contributed by atoms with E-state index in [9.17, 15) is 14.9 Å². The molecule has 0 atom stereocenters. The normalized spacial score (nSPS) is 12.0. The molecule has 0 bridgehead atoms. The smallest absolute Gasteiger partial charge is 0.311 e.